The van der Waals surface area contributed by atoms with Crippen LogP contribution >= 0.6 is 15.9 Å². The largest absolute Gasteiger partial charge is 0.467 e. The lowest BCUT2D eigenvalue weighted by Gasteiger charge is -2.24. The fourth-order valence-electron chi connectivity index (χ4n) is 2.87. The van der Waals surface area contributed by atoms with E-state index in [4.69, 9.17) is 4.74 Å². The highest BCUT2D eigenvalue weighted by molar-refractivity contribution is 9.10. The van der Waals surface area contributed by atoms with E-state index < -0.39 is 12.0 Å². The summed E-state index contributed by atoms with van der Waals surface area (Å²) in [5.74, 6) is -0.401. The highest BCUT2D eigenvalue weighted by atomic mass is 79.9. The number of halogens is 1. The summed E-state index contributed by atoms with van der Waals surface area (Å²) in [4.78, 5) is 24.4. The first kappa shape index (κ1) is 17.0. The van der Waals surface area contributed by atoms with Crippen LogP contribution in [-0.4, -0.2) is 25.0 Å². The Morgan fingerprint density at radius 3 is 2.59 bits per heavy atom. The quantitative estimate of drug-likeness (QED) is 0.812. The molecule has 1 amide bonds. The van der Waals surface area contributed by atoms with Crippen molar-refractivity contribution in [3.05, 3.63) is 34.3 Å². The minimum atomic E-state index is -0.641. The maximum Gasteiger partial charge on any atom is 0.328 e. The van der Waals surface area contributed by atoms with E-state index >= 15 is 0 Å². The predicted octanol–water partition coefficient (Wildman–Crippen LogP) is 3.23. The zero-order valence-electron chi connectivity index (χ0n) is 12.8. The van der Waals surface area contributed by atoms with Gasteiger partial charge in [0.2, 0.25) is 5.91 Å². The smallest absolute Gasteiger partial charge is 0.328 e. The summed E-state index contributed by atoms with van der Waals surface area (Å²) in [6.45, 7) is 0. The molecule has 2 rings (SSSR count). The van der Waals surface area contributed by atoms with Crippen LogP contribution in [0.5, 0.6) is 0 Å². The Kier molecular flexibility index (Phi) is 6.43. The van der Waals surface area contributed by atoms with Gasteiger partial charge in [-0.2, -0.15) is 0 Å². The SMILES string of the molecule is COC(=O)[C@@H](Cc1ccccc1Br)NC(=O)C1CCCCC1. The van der Waals surface area contributed by atoms with Crippen molar-refractivity contribution in [2.75, 3.05) is 7.11 Å². The van der Waals surface area contributed by atoms with E-state index in [2.05, 4.69) is 21.2 Å². The second-order valence-electron chi connectivity index (χ2n) is 5.71. The third kappa shape index (κ3) is 4.57. The van der Waals surface area contributed by atoms with Gasteiger partial charge in [0.1, 0.15) is 6.04 Å². The van der Waals surface area contributed by atoms with Gasteiger partial charge in [-0.05, 0) is 24.5 Å². The van der Waals surface area contributed by atoms with Crippen LogP contribution in [0.4, 0.5) is 0 Å². The van der Waals surface area contributed by atoms with E-state index in [1.54, 1.807) is 0 Å². The maximum atomic E-state index is 12.4. The molecule has 0 bridgehead atoms. The van der Waals surface area contributed by atoms with Gasteiger partial charge in [0.25, 0.3) is 0 Å². The number of nitrogens with one attached hydrogen (secondary N) is 1. The molecule has 0 spiro atoms. The van der Waals surface area contributed by atoms with Crippen LogP contribution in [0.1, 0.15) is 37.7 Å². The molecule has 1 aromatic carbocycles. The highest BCUT2D eigenvalue weighted by Crippen LogP contribution is 2.24. The maximum absolute atomic E-state index is 12.4. The standard InChI is InChI=1S/C17H22BrNO3/c1-22-17(21)15(11-13-9-5-6-10-14(13)18)19-16(20)12-7-3-2-4-8-12/h5-6,9-10,12,15H,2-4,7-8,11H2,1H3,(H,19,20)/t15-/m1/s1. The summed E-state index contributed by atoms with van der Waals surface area (Å²) in [7, 11) is 1.35. The molecule has 0 saturated heterocycles. The van der Waals surface area contributed by atoms with Gasteiger partial charge < -0.3 is 10.1 Å². The number of hydrogen-bond acceptors (Lipinski definition) is 3. The Morgan fingerprint density at radius 1 is 1.27 bits per heavy atom. The van der Waals surface area contributed by atoms with Crippen LogP contribution in [0.25, 0.3) is 0 Å². The predicted molar refractivity (Wildman–Crippen MR) is 88.4 cm³/mol. The summed E-state index contributed by atoms with van der Waals surface area (Å²) in [5, 5.41) is 2.88. The lowest BCUT2D eigenvalue weighted by molar-refractivity contribution is -0.145. The molecule has 1 atom stereocenters. The van der Waals surface area contributed by atoms with Gasteiger partial charge in [-0.25, -0.2) is 4.79 Å². The van der Waals surface area contributed by atoms with E-state index in [0.29, 0.717) is 6.42 Å². The first-order chi connectivity index (χ1) is 10.6. The molecule has 0 aliphatic heterocycles. The van der Waals surface area contributed by atoms with E-state index in [0.717, 1.165) is 35.7 Å². The molecule has 0 heterocycles. The monoisotopic (exact) mass is 367 g/mol. The van der Waals surface area contributed by atoms with Crippen molar-refractivity contribution in [2.45, 2.75) is 44.6 Å². The number of ether oxygens (including phenoxy) is 1. The molecular formula is C17H22BrNO3. The number of methoxy groups -OCH3 is 1. The Balaban J connectivity index is 2.04. The van der Waals surface area contributed by atoms with E-state index in [1.807, 2.05) is 24.3 Å². The van der Waals surface area contributed by atoms with Gasteiger partial charge in [-0.3, -0.25) is 4.79 Å². The normalized spacial score (nSPS) is 16.8. The van der Waals surface area contributed by atoms with Crippen molar-refractivity contribution in [3.8, 4) is 0 Å². The minimum Gasteiger partial charge on any atom is -0.467 e. The van der Waals surface area contributed by atoms with Crippen LogP contribution in [0.2, 0.25) is 0 Å². The highest BCUT2D eigenvalue weighted by Gasteiger charge is 2.27. The second kappa shape index (κ2) is 8.32. The molecule has 1 aliphatic carbocycles. The summed E-state index contributed by atoms with van der Waals surface area (Å²) in [5.41, 5.74) is 0.974. The molecule has 120 valence electrons. The van der Waals surface area contributed by atoms with Crippen LogP contribution in [-0.2, 0) is 20.7 Å². The number of rotatable bonds is 5. The lowest BCUT2D eigenvalue weighted by Crippen LogP contribution is -2.45. The van der Waals surface area contributed by atoms with Crippen molar-refractivity contribution in [2.24, 2.45) is 5.92 Å². The summed E-state index contributed by atoms with van der Waals surface area (Å²) < 4.78 is 5.77. The molecule has 0 radical (unpaired) electrons. The molecule has 0 aromatic heterocycles. The lowest BCUT2D eigenvalue weighted by atomic mass is 9.88. The number of carbonyl (C=O) groups is 2. The number of benzene rings is 1. The topological polar surface area (TPSA) is 55.4 Å². The van der Waals surface area contributed by atoms with Crippen molar-refractivity contribution in [3.63, 3.8) is 0 Å². The number of carbonyl (C=O) groups excluding carboxylic acids is 2. The molecule has 22 heavy (non-hydrogen) atoms. The van der Waals surface area contributed by atoms with Crippen LogP contribution < -0.4 is 5.32 Å². The second-order valence-corrected chi connectivity index (χ2v) is 6.57. The third-order valence-electron chi connectivity index (χ3n) is 4.16. The number of hydrogen-bond donors (Lipinski definition) is 1. The van der Waals surface area contributed by atoms with Crippen LogP contribution in [0.3, 0.4) is 0 Å². The van der Waals surface area contributed by atoms with Gasteiger partial charge in [0.05, 0.1) is 7.11 Å². The average Bonchev–Trinajstić information content (AvgIpc) is 2.56. The molecule has 1 aromatic rings. The Labute approximate surface area is 139 Å². The van der Waals surface area contributed by atoms with E-state index in [9.17, 15) is 9.59 Å². The van der Waals surface area contributed by atoms with Gasteiger partial charge in [0, 0.05) is 16.8 Å². The third-order valence-corrected chi connectivity index (χ3v) is 4.93. The van der Waals surface area contributed by atoms with Gasteiger partial charge >= 0.3 is 5.97 Å². The summed E-state index contributed by atoms with van der Waals surface area (Å²) in [6.07, 6.45) is 5.62. The van der Waals surface area contributed by atoms with Crippen molar-refractivity contribution in [1.29, 1.82) is 0 Å². The van der Waals surface area contributed by atoms with Crippen LogP contribution in [0, 0.1) is 5.92 Å². The van der Waals surface area contributed by atoms with Gasteiger partial charge in [-0.15, -0.1) is 0 Å². The molecule has 1 saturated carbocycles. The Hall–Kier alpha value is -1.36. The zero-order chi connectivity index (χ0) is 15.9. The Bertz CT molecular complexity index is 526. The minimum absolute atomic E-state index is 0.0258. The summed E-state index contributed by atoms with van der Waals surface area (Å²) in [6, 6.07) is 7.05. The molecular weight excluding hydrogens is 346 g/mol. The number of amides is 1. The molecule has 1 N–H and O–H groups in total. The van der Waals surface area contributed by atoms with E-state index in [-0.39, 0.29) is 11.8 Å². The first-order valence-electron chi connectivity index (χ1n) is 7.73. The fraction of sp³-hybridized carbons (Fsp3) is 0.529. The van der Waals surface area contributed by atoms with Crippen LogP contribution in [0.15, 0.2) is 28.7 Å². The van der Waals surface area contributed by atoms with E-state index in [1.165, 1.54) is 13.5 Å². The zero-order valence-corrected chi connectivity index (χ0v) is 14.4. The number of esters is 1. The Morgan fingerprint density at radius 2 is 1.95 bits per heavy atom. The van der Waals surface area contributed by atoms with Crippen molar-refractivity contribution in [1.82, 2.24) is 5.32 Å². The molecule has 5 heteroatoms. The average molecular weight is 368 g/mol. The van der Waals surface area contributed by atoms with Gasteiger partial charge in [-0.1, -0.05) is 53.4 Å². The van der Waals surface area contributed by atoms with Crippen molar-refractivity contribution < 1.29 is 14.3 Å². The molecule has 1 fully saturated rings. The van der Waals surface area contributed by atoms with Crippen molar-refractivity contribution >= 4 is 27.8 Å². The first-order valence-corrected chi connectivity index (χ1v) is 8.52. The molecule has 4 nitrogen and oxygen atoms in total. The molecule has 1 aliphatic rings. The van der Waals surface area contributed by atoms with Gasteiger partial charge in [0.15, 0.2) is 0 Å². The molecule has 0 unspecified atom stereocenters. The fourth-order valence-corrected chi connectivity index (χ4v) is 3.32. The summed E-state index contributed by atoms with van der Waals surface area (Å²) >= 11 is 3.47.